The van der Waals surface area contributed by atoms with E-state index in [1.165, 1.54) is 22.4 Å². The van der Waals surface area contributed by atoms with Gasteiger partial charge in [0.2, 0.25) is 0 Å². The molecule has 1 aromatic heterocycles. The largest absolute Gasteiger partial charge is 0.331 e. The fourth-order valence-corrected chi connectivity index (χ4v) is 2.32. The fraction of sp³-hybridized carbons (Fsp3) is 0.400. The molecule has 0 saturated heterocycles. The number of nitrogens with two attached hydrogens (primary N) is 1. The van der Waals surface area contributed by atoms with Crippen LogP contribution in [-0.4, -0.2) is 16.1 Å². The van der Waals surface area contributed by atoms with Crippen molar-refractivity contribution in [3.05, 3.63) is 40.7 Å². The zero-order chi connectivity index (χ0) is 13.3. The third-order valence-corrected chi connectivity index (χ3v) is 3.48. The predicted octanol–water partition coefficient (Wildman–Crippen LogP) is 2.51. The van der Waals surface area contributed by atoms with E-state index in [4.69, 9.17) is 10.7 Å². The van der Waals surface area contributed by atoms with Crippen LogP contribution < -0.4 is 5.73 Å². The van der Waals surface area contributed by atoms with Crippen LogP contribution in [0, 0.1) is 20.8 Å². The van der Waals surface area contributed by atoms with Gasteiger partial charge >= 0.3 is 0 Å². The maximum absolute atomic E-state index is 5.63. The van der Waals surface area contributed by atoms with E-state index in [-0.39, 0.29) is 0 Å². The minimum Gasteiger partial charge on any atom is -0.331 e. The average molecular weight is 243 g/mol. The highest BCUT2D eigenvalue weighted by atomic mass is 15.1. The molecule has 0 fully saturated rings. The van der Waals surface area contributed by atoms with Crippen molar-refractivity contribution in [2.45, 2.75) is 27.2 Å². The highest BCUT2D eigenvalue weighted by Crippen LogP contribution is 2.25. The van der Waals surface area contributed by atoms with Gasteiger partial charge in [-0.3, -0.25) is 0 Å². The number of hydrogen-bond donors (Lipinski definition) is 1. The van der Waals surface area contributed by atoms with Gasteiger partial charge in [-0.2, -0.15) is 0 Å². The van der Waals surface area contributed by atoms with Crippen LogP contribution in [0.25, 0.3) is 11.4 Å². The van der Waals surface area contributed by atoms with Crippen molar-refractivity contribution in [1.82, 2.24) is 9.55 Å². The lowest BCUT2D eigenvalue weighted by Crippen LogP contribution is -2.04. The highest BCUT2D eigenvalue weighted by molar-refractivity contribution is 5.62. The van der Waals surface area contributed by atoms with Crippen molar-refractivity contribution < 1.29 is 0 Å². The first-order valence-electron chi connectivity index (χ1n) is 6.34. The Bertz CT molecular complexity index is 567. The second-order valence-corrected chi connectivity index (χ2v) is 4.88. The van der Waals surface area contributed by atoms with Gasteiger partial charge in [-0.25, -0.2) is 4.98 Å². The molecule has 1 heterocycles. The van der Waals surface area contributed by atoms with Crippen LogP contribution in [0.4, 0.5) is 0 Å². The molecule has 2 aromatic rings. The molecule has 1 aromatic carbocycles. The van der Waals surface area contributed by atoms with E-state index in [1.54, 1.807) is 0 Å². The van der Waals surface area contributed by atoms with Crippen LogP contribution in [0.2, 0.25) is 0 Å². The molecular weight excluding hydrogens is 222 g/mol. The lowest BCUT2D eigenvalue weighted by Gasteiger charge is -2.07. The summed E-state index contributed by atoms with van der Waals surface area (Å²) in [6.07, 6.45) is 0.838. The molecule has 2 rings (SSSR count). The zero-order valence-electron chi connectivity index (χ0n) is 11.6. The van der Waals surface area contributed by atoms with E-state index in [1.807, 2.05) is 0 Å². The second-order valence-electron chi connectivity index (χ2n) is 4.88. The summed E-state index contributed by atoms with van der Waals surface area (Å²) < 4.78 is 2.16. The summed E-state index contributed by atoms with van der Waals surface area (Å²) in [5.41, 5.74) is 11.7. The molecule has 3 heteroatoms. The van der Waals surface area contributed by atoms with Crippen molar-refractivity contribution in [3.63, 3.8) is 0 Å². The Balaban J connectivity index is 2.53. The highest BCUT2D eigenvalue weighted by Gasteiger charge is 2.13. The normalized spacial score (nSPS) is 10.9. The lowest BCUT2D eigenvalue weighted by molar-refractivity contribution is 0.865. The Morgan fingerprint density at radius 2 is 1.94 bits per heavy atom. The molecule has 96 valence electrons. The molecule has 0 amide bonds. The minimum absolute atomic E-state index is 0.643. The first-order chi connectivity index (χ1) is 8.54. The van der Waals surface area contributed by atoms with E-state index >= 15 is 0 Å². The number of benzene rings is 1. The maximum atomic E-state index is 5.63. The Hall–Kier alpha value is -1.61. The van der Waals surface area contributed by atoms with Gasteiger partial charge in [0.25, 0.3) is 0 Å². The summed E-state index contributed by atoms with van der Waals surface area (Å²) >= 11 is 0. The molecule has 0 aliphatic rings. The number of imidazole rings is 1. The number of aryl methyl sites for hydroxylation is 2. The first kappa shape index (κ1) is 12.8. The molecule has 0 aliphatic carbocycles. The second kappa shape index (κ2) is 4.94. The van der Waals surface area contributed by atoms with Gasteiger partial charge in [0.1, 0.15) is 5.82 Å². The third-order valence-electron chi connectivity index (χ3n) is 3.48. The summed E-state index contributed by atoms with van der Waals surface area (Å²) in [5, 5.41) is 0. The molecule has 3 nitrogen and oxygen atoms in total. The predicted molar refractivity (Wildman–Crippen MR) is 75.6 cm³/mol. The van der Waals surface area contributed by atoms with Crippen molar-refractivity contribution in [3.8, 4) is 11.4 Å². The van der Waals surface area contributed by atoms with Gasteiger partial charge in [-0.15, -0.1) is 0 Å². The van der Waals surface area contributed by atoms with Crippen LogP contribution in [0.5, 0.6) is 0 Å². The van der Waals surface area contributed by atoms with Gasteiger partial charge in [-0.1, -0.05) is 23.8 Å². The minimum atomic E-state index is 0.643. The molecule has 0 bridgehead atoms. The van der Waals surface area contributed by atoms with E-state index < -0.39 is 0 Å². The summed E-state index contributed by atoms with van der Waals surface area (Å²) in [7, 11) is 2.07. The maximum Gasteiger partial charge on any atom is 0.140 e. The number of hydrogen-bond acceptors (Lipinski definition) is 2. The van der Waals surface area contributed by atoms with E-state index in [9.17, 15) is 0 Å². The van der Waals surface area contributed by atoms with E-state index in [0.29, 0.717) is 6.54 Å². The zero-order valence-corrected chi connectivity index (χ0v) is 11.6. The van der Waals surface area contributed by atoms with Crippen molar-refractivity contribution >= 4 is 0 Å². The molecule has 0 spiro atoms. The third kappa shape index (κ3) is 2.18. The van der Waals surface area contributed by atoms with Gasteiger partial charge in [-0.05, 0) is 32.9 Å². The SMILES string of the molecule is Cc1ccc(-c2nc(CCN)c(C)n2C)c(C)c1. The molecule has 0 aliphatic heterocycles. The van der Waals surface area contributed by atoms with Crippen molar-refractivity contribution in [2.24, 2.45) is 12.8 Å². The Morgan fingerprint density at radius 3 is 2.56 bits per heavy atom. The van der Waals surface area contributed by atoms with Gasteiger partial charge < -0.3 is 10.3 Å². The lowest BCUT2D eigenvalue weighted by atomic mass is 10.1. The standard InChI is InChI=1S/C15H21N3/c1-10-5-6-13(11(2)9-10)15-17-14(7-8-16)12(3)18(15)4/h5-6,9H,7-8,16H2,1-4H3. The summed E-state index contributed by atoms with van der Waals surface area (Å²) in [6, 6.07) is 6.48. The summed E-state index contributed by atoms with van der Waals surface area (Å²) in [4.78, 5) is 4.74. The number of nitrogens with zero attached hydrogens (tertiary/aromatic N) is 2. The van der Waals surface area contributed by atoms with Crippen LogP contribution in [0.1, 0.15) is 22.5 Å². The fourth-order valence-electron chi connectivity index (χ4n) is 2.32. The van der Waals surface area contributed by atoms with E-state index in [2.05, 4.69) is 50.6 Å². The monoisotopic (exact) mass is 243 g/mol. The first-order valence-corrected chi connectivity index (χ1v) is 6.34. The van der Waals surface area contributed by atoms with Crippen LogP contribution in [0.15, 0.2) is 18.2 Å². The molecule has 2 N–H and O–H groups in total. The number of rotatable bonds is 3. The molecule has 0 radical (unpaired) electrons. The van der Waals surface area contributed by atoms with Gasteiger partial charge in [0, 0.05) is 24.7 Å². The molecular formula is C15H21N3. The van der Waals surface area contributed by atoms with Crippen molar-refractivity contribution in [1.29, 1.82) is 0 Å². The molecule has 0 saturated carbocycles. The summed E-state index contributed by atoms with van der Waals surface area (Å²) in [6.45, 7) is 6.99. The summed E-state index contributed by atoms with van der Waals surface area (Å²) in [5.74, 6) is 1.04. The van der Waals surface area contributed by atoms with Gasteiger partial charge in [0.05, 0.1) is 5.69 Å². The van der Waals surface area contributed by atoms with Gasteiger partial charge in [0.15, 0.2) is 0 Å². The topological polar surface area (TPSA) is 43.8 Å². The molecule has 0 atom stereocenters. The van der Waals surface area contributed by atoms with E-state index in [0.717, 1.165) is 17.9 Å². The smallest absolute Gasteiger partial charge is 0.140 e. The molecule has 18 heavy (non-hydrogen) atoms. The molecule has 0 unspecified atom stereocenters. The Kier molecular flexibility index (Phi) is 3.53. The Morgan fingerprint density at radius 1 is 1.22 bits per heavy atom. The average Bonchev–Trinajstić information content (AvgIpc) is 2.58. The quantitative estimate of drug-likeness (QED) is 0.900. The van der Waals surface area contributed by atoms with Crippen LogP contribution in [0.3, 0.4) is 0 Å². The Labute approximate surface area is 109 Å². The van der Waals surface area contributed by atoms with Crippen LogP contribution in [-0.2, 0) is 13.5 Å². The van der Waals surface area contributed by atoms with Crippen LogP contribution >= 0.6 is 0 Å². The number of aromatic nitrogens is 2. The van der Waals surface area contributed by atoms with Crippen molar-refractivity contribution in [2.75, 3.05) is 6.54 Å².